The van der Waals surface area contributed by atoms with E-state index < -0.39 is 6.04 Å². The fourth-order valence-corrected chi connectivity index (χ4v) is 4.43. The van der Waals surface area contributed by atoms with Gasteiger partial charge >= 0.3 is 0 Å². The first-order chi connectivity index (χ1) is 16.9. The molecule has 3 aromatic rings. The number of hydrogen-bond acceptors (Lipinski definition) is 5. The van der Waals surface area contributed by atoms with Crippen molar-refractivity contribution in [2.24, 2.45) is 0 Å². The summed E-state index contributed by atoms with van der Waals surface area (Å²) in [6.45, 7) is 2.79. The maximum atomic E-state index is 13.3. The molecule has 0 spiro atoms. The molecule has 8 heteroatoms. The van der Waals surface area contributed by atoms with Crippen LogP contribution in [-0.2, 0) is 11.3 Å². The molecule has 1 aliphatic heterocycles. The lowest BCUT2D eigenvalue weighted by Crippen LogP contribution is -2.32. The number of anilines is 1. The van der Waals surface area contributed by atoms with Gasteiger partial charge in [-0.05, 0) is 54.4 Å². The standard InChI is InChI=1S/C27H27ClN2O5/c1-4-35-24-11-9-17(13-25(24)34-3)22(30-16-18-7-5-6-8-20(18)27(30)32)15-26(31)29-21-14-19(28)10-12-23(21)33-2/h5-14,22H,4,15-16H2,1-3H3,(H,29,31). The van der Waals surface area contributed by atoms with Crippen molar-refractivity contribution in [2.45, 2.75) is 25.9 Å². The molecule has 0 saturated heterocycles. The van der Waals surface area contributed by atoms with Crippen molar-refractivity contribution in [3.05, 3.63) is 82.4 Å². The number of rotatable bonds is 9. The molecule has 182 valence electrons. The zero-order chi connectivity index (χ0) is 24.9. The Morgan fingerprint density at radius 3 is 2.49 bits per heavy atom. The largest absolute Gasteiger partial charge is 0.495 e. The summed E-state index contributed by atoms with van der Waals surface area (Å²) in [6, 6.07) is 17.4. The summed E-state index contributed by atoms with van der Waals surface area (Å²) in [5, 5.41) is 3.35. The molecule has 1 aliphatic rings. The molecule has 0 bridgehead atoms. The van der Waals surface area contributed by atoms with Crippen LogP contribution in [0.3, 0.4) is 0 Å². The summed E-state index contributed by atoms with van der Waals surface area (Å²) in [4.78, 5) is 28.3. The fraction of sp³-hybridized carbons (Fsp3) is 0.259. The van der Waals surface area contributed by atoms with E-state index in [4.69, 9.17) is 25.8 Å². The highest BCUT2D eigenvalue weighted by molar-refractivity contribution is 6.31. The van der Waals surface area contributed by atoms with Crippen molar-refractivity contribution >= 4 is 29.1 Å². The van der Waals surface area contributed by atoms with Gasteiger partial charge in [-0.1, -0.05) is 35.9 Å². The average molecular weight is 495 g/mol. The number of benzene rings is 3. The van der Waals surface area contributed by atoms with Crippen LogP contribution >= 0.6 is 11.6 Å². The predicted molar refractivity (Wildman–Crippen MR) is 134 cm³/mol. The molecule has 0 aromatic heterocycles. The Morgan fingerprint density at radius 2 is 1.77 bits per heavy atom. The zero-order valence-electron chi connectivity index (χ0n) is 19.8. The van der Waals surface area contributed by atoms with Gasteiger partial charge in [0.25, 0.3) is 5.91 Å². The van der Waals surface area contributed by atoms with Crippen LogP contribution in [0.25, 0.3) is 0 Å². The Bertz CT molecular complexity index is 1250. The van der Waals surface area contributed by atoms with Crippen molar-refractivity contribution < 1.29 is 23.8 Å². The topological polar surface area (TPSA) is 77.1 Å². The van der Waals surface area contributed by atoms with E-state index in [9.17, 15) is 9.59 Å². The highest BCUT2D eigenvalue weighted by atomic mass is 35.5. The Hall–Kier alpha value is -3.71. The third kappa shape index (κ3) is 5.20. The van der Waals surface area contributed by atoms with Gasteiger partial charge in [0.15, 0.2) is 11.5 Å². The second-order valence-electron chi connectivity index (χ2n) is 8.05. The van der Waals surface area contributed by atoms with Crippen LogP contribution in [0.1, 0.15) is 40.9 Å². The summed E-state index contributed by atoms with van der Waals surface area (Å²) >= 11 is 6.12. The number of ether oxygens (including phenoxy) is 3. The number of carbonyl (C=O) groups is 2. The van der Waals surface area contributed by atoms with Crippen LogP contribution in [-0.4, -0.2) is 37.5 Å². The number of nitrogens with one attached hydrogen (secondary N) is 1. The third-order valence-electron chi connectivity index (χ3n) is 5.91. The number of hydrogen-bond donors (Lipinski definition) is 1. The molecule has 0 radical (unpaired) electrons. The van der Waals surface area contributed by atoms with Gasteiger partial charge in [-0.2, -0.15) is 0 Å². The summed E-state index contributed by atoms with van der Waals surface area (Å²) in [5.41, 5.74) is 2.80. The number of carbonyl (C=O) groups excluding carboxylic acids is 2. The first-order valence-electron chi connectivity index (χ1n) is 11.3. The van der Waals surface area contributed by atoms with E-state index in [-0.39, 0.29) is 18.2 Å². The lowest BCUT2D eigenvalue weighted by molar-refractivity contribution is -0.117. The zero-order valence-corrected chi connectivity index (χ0v) is 20.6. The molecule has 1 N–H and O–H groups in total. The summed E-state index contributed by atoms with van der Waals surface area (Å²) in [7, 11) is 3.08. The highest BCUT2D eigenvalue weighted by Crippen LogP contribution is 2.38. The maximum absolute atomic E-state index is 13.3. The Labute approximate surface area is 209 Å². The summed E-state index contributed by atoms with van der Waals surface area (Å²) < 4.78 is 16.5. The quantitative estimate of drug-likeness (QED) is 0.426. The van der Waals surface area contributed by atoms with Crippen molar-refractivity contribution in [1.82, 2.24) is 4.90 Å². The van der Waals surface area contributed by atoms with Crippen molar-refractivity contribution in [1.29, 1.82) is 0 Å². The van der Waals surface area contributed by atoms with Crippen molar-refractivity contribution in [2.75, 3.05) is 26.1 Å². The van der Waals surface area contributed by atoms with Crippen LogP contribution in [0.5, 0.6) is 17.2 Å². The normalized spacial score (nSPS) is 13.3. The second-order valence-corrected chi connectivity index (χ2v) is 8.48. The minimum Gasteiger partial charge on any atom is -0.495 e. The smallest absolute Gasteiger partial charge is 0.255 e. The van der Waals surface area contributed by atoms with Gasteiger partial charge in [-0.3, -0.25) is 9.59 Å². The molecular formula is C27H27ClN2O5. The number of methoxy groups -OCH3 is 2. The molecule has 2 amide bonds. The molecule has 0 fully saturated rings. The SMILES string of the molecule is CCOc1ccc(C(CC(=O)Nc2cc(Cl)ccc2OC)N2Cc3ccccc3C2=O)cc1OC. The molecule has 0 aliphatic carbocycles. The van der Waals surface area contributed by atoms with E-state index in [1.807, 2.05) is 43.3 Å². The van der Waals surface area contributed by atoms with E-state index >= 15 is 0 Å². The molecule has 35 heavy (non-hydrogen) atoms. The van der Waals surface area contributed by atoms with Gasteiger partial charge < -0.3 is 24.4 Å². The van der Waals surface area contributed by atoms with E-state index in [1.54, 1.807) is 36.3 Å². The van der Waals surface area contributed by atoms with Gasteiger partial charge in [0.1, 0.15) is 5.75 Å². The highest BCUT2D eigenvalue weighted by Gasteiger charge is 2.35. The third-order valence-corrected chi connectivity index (χ3v) is 6.15. The minimum atomic E-state index is -0.537. The minimum absolute atomic E-state index is 0.0204. The lowest BCUT2D eigenvalue weighted by atomic mass is 10.0. The average Bonchev–Trinajstić information content (AvgIpc) is 3.19. The second kappa shape index (κ2) is 10.7. The lowest BCUT2D eigenvalue weighted by Gasteiger charge is -2.28. The monoisotopic (exact) mass is 494 g/mol. The van der Waals surface area contributed by atoms with Crippen molar-refractivity contribution in [3.63, 3.8) is 0 Å². The summed E-state index contributed by atoms with van der Waals surface area (Å²) in [5.74, 6) is 1.22. The molecule has 4 rings (SSSR count). The number of amides is 2. The Balaban J connectivity index is 1.67. The fourth-order valence-electron chi connectivity index (χ4n) is 4.26. The maximum Gasteiger partial charge on any atom is 0.255 e. The van der Waals surface area contributed by atoms with Crippen LogP contribution < -0.4 is 19.5 Å². The predicted octanol–water partition coefficient (Wildman–Crippen LogP) is 5.48. The van der Waals surface area contributed by atoms with E-state index in [2.05, 4.69) is 5.32 Å². The molecule has 1 heterocycles. The number of fused-ring (bicyclic) bond motifs is 1. The Morgan fingerprint density at radius 1 is 1.03 bits per heavy atom. The summed E-state index contributed by atoms with van der Waals surface area (Å²) in [6.07, 6.45) is 0.0204. The molecular weight excluding hydrogens is 468 g/mol. The van der Waals surface area contributed by atoms with E-state index in [0.717, 1.165) is 11.1 Å². The van der Waals surface area contributed by atoms with Crippen molar-refractivity contribution in [3.8, 4) is 17.2 Å². The molecule has 7 nitrogen and oxygen atoms in total. The van der Waals surface area contributed by atoms with Gasteiger partial charge in [0, 0.05) is 17.1 Å². The Kier molecular flexibility index (Phi) is 7.46. The molecule has 3 aromatic carbocycles. The first kappa shape index (κ1) is 24.4. The van der Waals surface area contributed by atoms with Gasteiger partial charge in [0.05, 0.1) is 39.0 Å². The van der Waals surface area contributed by atoms with Crippen LogP contribution in [0.2, 0.25) is 5.02 Å². The van der Waals surface area contributed by atoms with Gasteiger partial charge in [-0.25, -0.2) is 0 Å². The van der Waals surface area contributed by atoms with Crippen LogP contribution in [0.15, 0.2) is 60.7 Å². The molecule has 1 atom stereocenters. The van der Waals surface area contributed by atoms with Gasteiger partial charge in [0.2, 0.25) is 5.91 Å². The molecule has 1 unspecified atom stereocenters. The van der Waals surface area contributed by atoms with Crippen LogP contribution in [0.4, 0.5) is 5.69 Å². The van der Waals surface area contributed by atoms with Gasteiger partial charge in [-0.15, -0.1) is 0 Å². The van der Waals surface area contributed by atoms with E-state index in [0.29, 0.717) is 46.7 Å². The first-order valence-corrected chi connectivity index (χ1v) is 11.7. The number of nitrogens with zero attached hydrogens (tertiary/aromatic N) is 1. The number of halogens is 1. The molecule has 0 saturated carbocycles. The van der Waals surface area contributed by atoms with Crippen LogP contribution in [0, 0.1) is 0 Å². The van der Waals surface area contributed by atoms with E-state index in [1.165, 1.54) is 7.11 Å².